The quantitative estimate of drug-likeness (QED) is 0.360. The van der Waals surface area contributed by atoms with Crippen LogP contribution in [0, 0.1) is 0 Å². The van der Waals surface area contributed by atoms with E-state index in [1.54, 1.807) is 0 Å². The van der Waals surface area contributed by atoms with Crippen molar-refractivity contribution in [2.75, 3.05) is 11.4 Å². The molecule has 0 saturated carbocycles. The van der Waals surface area contributed by atoms with Crippen LogP contribution < -0.4 is 4.74 Å². The molecule has 1 rings (SSSR count). The van der Waals surface area contributed by atoms with Gasteiger partial charge in [0.1, 0.15) is 10.4 Å². The maximum absolute atomic E-state index is 5.22. The Balaban J connectivity index is 2.28. The number of rotatable bonds is 4. The number of alkyl halides is 1. The third kappa shape index (κ3) is 3.57. The highest BCUT2D eigenvalue weighted by molar-refractivity contribution is 14.1. The van der Waals surface area contributed by atoms with E-state index in [1.807, 2.05) is 30.3 Å². The maximum atomic E-state index is 5.22. The average Bonchev–Trinajstić information content (AvgIpc) is 2.07. The molecular formula is C8H9IO2. The molecule has 3 heteroatoms. The van der Waals surface area contributed by atoms with E-state index < -0.39 is 0 Å². The van der Waals surface area contributed by atoms with Crippen LogP contribution in [0.4, 0.5) is 0 Å². The van der Waals surface area contributed by atoms with E-state index in [4.69, 9.17) is 9.47 Å². The van der Waals surface area contributed by atoms with Crippen LogP contribution in [-0.2, 0) is 4.74 Å². The molecule has 0 radical (unpaired) electrons. The van der Waals surface area contributed by atoms with E-state index >= 15 is 0 Å². The standard InChI is InChI=1S/C8H9IO2/c9-6-10-7-11-8-4-2-1-3-5-8/h1-5H,6-7H2. The molecular weight excluding hydrogens is 255 g/mol. The molecule has 0 N–H and O–H groups in total. The molecule has 0 bridgehead atoms. The first-order valence-electron chi connectivity index (χ1n) is 3.25. The van der Waals surface area contributed by atoms with Crippen molar-refractivity contribution in [1.82, 2.24) is 0 Å². The SMILES string of the molecule is ICOCOc1ccccc1. The molecule has 0 amide bonds. The lowest BCUT2D eigenvalue weighted by Crippen LogP contribution is -2.00. The van der Waals surface area contributed by atoms with Gasteiger partial charge in [-0.1, -0.05) is 40.8 Å². The minimum absolute atomic E-state index is 0.326. The zero-order valence-electron chi connectivity index (χ0n) is 6.00. The lowest BCUT2D eigenvalue weighted by atomic mass is 10.3. The summed E-state index contributed by atoms with van der Waals surface area (Å²) in [7, 11) is 0. The van der Waals surface area contributed by atoms with Gasteiger partial charge in [-0.05, 0) is 12.1 Å². The molecule has 0 aromatic heterocycles. The monoisotopic (exact) mass is 264 g/mol. The van der Waals surface area contributed by atoms with Gasteiger partial charge < -0.3 is 9.47 Å². The molecule has 0 aliphatic rings. The fourth-order valence-corrected chi connectivity index (χ4v) is 0.838. The third-order valence-corrected chi connectivity index (χ3v) is 1.57. The van der Waals surface area contributed by atoms with Crippen molar-refractivity contribution in [2.24, 2.45) is 0 Å². The van der Waals surface area contributed by atoms with Crippen LogP contribution in [0.5, 0.6) is 5.75 Å². The van der Waals surface area contributed by atoms with Gasteiger partial charge in [0, 0.05) is 0 Å². The Morgan fingerprint density at radius 1 is 1.18 bits per heavy atom. The zero-order chi connectivity index (χ0) is 7.94. The predicted molar refractivity (Wildman–Crippen MR) is 51.9 cm³/mol. The van der Waals surface area contributed by atoms with Crippen molar-refractivity contribution in [2.45, 2.75) is 0 Å². The summed E-state index contributed by atoms with van der Waals surface area (Å²) in [5.41, 5.74) is 0. The maximum Gasteiger partial charge on any atom is 0.189 e. The summed E-state index contributed by atoms with van der Waals surface area (Å²) in [5, 5.41) is 0. The molecule has 2 nitrogen and oxygen atoms in total. The Kier molecular flexibility index (Phi) is 4.30. The Morgan fingerprint density at radius 3 is 2.55 bits per heavy atom. The molecule has 0 atom stereocenters. The second kappa shape index (κ2) is 5.37. The van der Waals surface area contributed by atoms with E-state index in [0.717, 1.165) is 5.75 Å². The minimum Gasteiger partial charge on any atom is -0.468 e. The van der Waals surface area contributed by atoms with Crippen LogP contribution in [0.15, 0.2) is 30.3 Å². The van der Waals surface area contributed by atoms with Gasteiger partial charge in [0.05, 0.1) is 0 Å². The molecule has 0 heterocycles. The molecule has 60 valence electrons. The zero-order valence-corrected chi connectivity index (χ0v) is 8.15. The number of ether oxygens (including phenoxy) is 2. The van der Waals surface area contributed by atoms with Crippen molar-refractivity contribution in [3.63, 3.8) is 0 Å². The van der Waals surface area contributed by atoms with E-state index in [1.165, 1.54) is 0 Å². The molecule has 0 aliphatic heterocycles. The number of hydrogen-bond donors (Lipinski definition) is 0. The topological polar surface area (TPSA) is 18.5 Å². The number of hydrogen-bond acceptors (Lipinski definition) is 2. The van der Waals surface area contributed by atoms with Crippen molar-refractivity contribution >= 4 is 22.6 Å². The van der Waals surface area contributed by atoms with E-state index in [0.29, 0.717) is 11.4 Å². The molecule has 0 saturated heterocycles. The Morgan fingerprint density at radius 2 is 1.91 bits per heavy atom. The van der Waals surface area contributed by atoms with Crippen molar-refractivity contribution in [1.29, 1.82) is 0 Å². The van der Waals surface area contributed by atoms with Gasteiger partial charge in [0.25, 0.3) is 0 Å². The van der Waals surface area contributed by atoms with Crippen LogP contribution in [0.3, 0.4) is 0 Å². The first-order valence-corrected chi connectivity index (χ1v) is 4.77. The summed E-state index contributed by atoms with van der Waals surface area (Å²) in [4.78, 5) is 0. The van der Waals surface area contributed by atoms with Crippen LogP contribution in [0.2, 0.25) is 0 Å². The van der Waals surface area contributed by atoms with Crippen molar-refractivity contribution < 1.29 is 9.47 Å². The molecule has 1 aromatic rings. The van der Waals surface area contributed by atoms with Gasteiger partial charge in [-0.25, -0.2) is 0 Å². The van der Waals surface area contributed by atoms with Crippen molar-refractivity contribution in [3.8, 4) is 5.75 Å². The van der Waals surface area contributed by atoms with Crippen molar-refractivity contribution in [3.05, 3.63) is 30.3 Å². The molecule has 1 aromatic carbocycles. The van der Waals surface area contributed by atoms with Crippen LogP contribution >= 0.6 is 22.6 Å². The van der Waals surface area contributed by atoms with E-state index in [-0.39, 0.29) is 0 Å². The van der Waals surface area contributed by atoms with Gasteiger partial charge in [-0.15, -0.1) is 0 Å². The smallest absolute Gasteiger partial charge is 0.189 e. The number of benzene rings is 1. The number of halogens is 1. The normalized spacial score (nSPS) is 9.55. The molecule has 0 spiro atoms. The van der Waals surface area contributed by atoms with Gasteiger partial charge in [0.2, 0.25) is 0 Å². The first kappa shape index (κ1) is 8.80. The summed E-state index contributed by atoms with van der Waals surface area (Å²) in [5.74, 6) is 0.845. The van der Waals surface area contributed by atoms with E-state index in [9.17, 15) is 0 Å². The largest absolute Gasteiger partial charge is 0.468 e. The summed E-state index contributed by atoms with van der Waals surface area (Å²) >= 11 is 2.13. The highest BCUT2D eigenvalue weighted by atomic mass is 127. The summed E-state index contributed by atoms with van der Waals surface area (Å²) in [6.45, 7) is 0.326. The van der Waals surface area contributed by atoms with E-state index in [2.05, 4.69) is 22.6 Å². The minimum atomic E-state index is 0.326. The average molecular weight is 264 g/mol. The van der Waals surface area contributed by atoms with Gasteiger partial charge in [0.15, 0.2) is 6.79 Å². The number of para-hydroxylation sites is 1. The highest BCUT2D eigenvalue weighted by Crippen LogP contribution is 2.07. The molecule has 0 fully saturated rings. The summed E-state index contributed by atoms with van der Waals surface area (Å²) < 4.78 is 10.9. The van der Waals surface area contributed by atoms with Gasteiger partial charge >= 0.3 is 0 Å². The predicted octanol–water partition coefficient (Wildman–Crippen LogP) is 2.43. The lowest BCUT2D eigenvalue weighted by molar-refractivity contribution is 0.0467. The summed E-state index contributed by atoms with van der Waals surface area (Å²) in [6.07, 6.45) is 0. The first-order chi connectivity index (χ1) is 5.43. The van der Waals surface area contributed by atoms with Crippen LogP contribution in [0.25, 0.3) is 0 Å². The molecule has 0 unspecified atom stereocenters. The Bertz CT molecular complexity index is 189. The molecule has 0 aliphatic carbocycles. The van der Waals surface area contributed by atoms with Crippen LogP contribution in [-0.4, -0.2) is 11.4 Å². The fourth-order valence-electron chi connectivity index (χ4n) is 0.658. The Labute approximate surface area is 79.7 Å². The fraction of sp³-hybridized carbons (Fsp3) is 0.250. The van der Waals surface area contributed by atoms with Crippen LogP contribution in [0.1, 0.15) is 0 Å². The summed E-state index contributed by atoms with van der Waals surface area (Å²) in [6, 6.07) is 9.61. The Hall–Kier alpha value is -0.290. The second-order valence-corrected chi connectivity index (χ2v) is 2.51. The van der Waals surface area contributed by atoms with Gasteiger partial charge in [-0.3, -0.25) is 0 Å². The molecule has 11 heavy (non-hydrogen) atoms. The van der Waals surface area contributed by atoms with Gasteiger partial charge in [-0.2, -0.15) is 0 Å². The lowest BCUT2D eigenvalue weighted by Gasteiger charge is -2.03. The second-order valence-electron chi connectivity index (χ2n) is 1.89. The third-order valence-electron chi connectivity index (χ3n) is 1.13. The highest BCUT2D eigenvalue weighted by Gasteiger charge is 1.88.